The minimum atomic E-state index is -4.63. The second-order valence-electron chi connectivity index (χ2n) is 4.45. The molecule has 2 aromatic rings. The lowest BCUT2D eigenvalue weighted by Crippen LogP contribution is -2.19. The van der Waals surface area contributed by atoms with Crippen molar-refractivity contribution in [2.45, 2.75) is 12.7 Å². The lowest BCUT2D eigenvalue weighted by molar-refractivity contribution is -0.137. The zero-order chi connectivity index (χ0) is 15.6. The number of amides is 1. The van der Waals surface area contributed by atoms with Crippen LogP contribution in [0.25, 0.3) is 11.1 Å². The minimum Gasteiger partial charge on any atom is -0.366 e. The number of carbonyl (C=O) groups excluding carboxylic acids is 1. The smallest absolute Gasteiger partial charge is 0.366 e. The van der Waals surface area contributed by atoms with Crippen molar-refractivity contribution in [2.24, 2.45) is 11.5 Å². The van der Waals surface area contributed by atoms with Crippen molar-refractivity contribution in [1.29, 1.82) is 0 Å². The van der Waals surface area contributed by atoms with Crippen molar-refractivity contribution in [3.05, 3.63) is 59.2 Å². The Kier molecular flexibility index (Phi) is 3.99. The maximum atomic E-state index is 13.4. The number of benzene rings is 2. The van der Waals surface area contributed by atoms with Gasteiger partial charge in [-0.2, -0.15) is 13.2 Å². The summed E-state index contributed by atoms with van der Waals surface area (Å²) in [6.45, 7) is -0.284. The third-order valence-electron chi connectivity index (χ3n) is 3.12. The van der Waals surface area contributed by atoms with E-state index in [4.69, 9.17) is 11.5 Å². The van der Waals surface area contributed by atoms with E-state index in [1.54, 1.807) is 18.2 Å². The van der Waals surface area contributed by atoms with Gasteiger partial charge >= 0.3 is 6.18 Å². The topological polar surface area (TPSA) is 69.1 Å². The van der Waals surface area contributed by atoms with Crippen LogP contribution in [0, 0.1) is 0 Å². The normalized spacial score (nSPS) is 11.4. The second kappa shape index (κ2) is 5.57. The fourth-order valence-electron chi connectivity index (χ4n) is 2.25. The molecule has 0 aromatic heterocycles. The molecule has 0 atom stereocenters. The standard InChI is InChI=1S/C15H13F3N2O/c16-15(17,18)13-10(8-19)6-7-11(14(20)21)12(13)9-4-2-1-3-5-9/h1-7H,8,19H2,(H2,20,21). The molecule has 4 N–H and O–H groups in total. The van der Waals surface area contributed by atoms with Crippen LogP contribution in [0.3, 0.4) is 0 Å². The van der Waals surface area contributed by atoms with Crippen LogP contribution in [0.4, 0.5) is 13.2 Å². The van der Waals surface area contributed by atoms with Crippen LogP contribution in [0.15, 0.2) is 42.5 Å². The molecule has 110 valence electrons. The zero-order valence-corrected chi connectivity index (χ0v) is 10.9. The van der Waals surface area contributed by atoms with Crippen molar-refractivity contribution in [1.82, 2.24) is 0 Å². The first kappa shape index (κ1) is 15.1. The average molecular weight is 294 g/mol. The van der Waals surface area contributed by atoms with E-state index in [1.807, 2.05) is 0 Å². The third-order valence-corrected chi connectivity index (χ3v) is 3.12. The molecule has 0 spiro atoms. The molecule has 0 bridgehead atoms. The van der Waals surface area contributed by atoms with Crippen LogP contribution < -0.4 is 11.5 Å². The van der Waals surface area contributed by atoms with E-state index in [2.05, 4.69) is 0 Å². The molecule has 0 aliphatic carbocycles. The van der Waals surface area contributed by atoms with E-state index in [1.165, 1.54) is 24.3 Å². The summed E-state index contributed by atoms with van der Waals surface area (Å²) in [5.41, 5.74) is 9.51. The number of halogens is 3. The summed E-state index contributed by atoms with van der Waals surface area (Å²) in [4.78, 5) is 11.5. The van der Waals surface area contributed by atoms with E-state index in [-0.39, 0.29) is 28.8 Å². The van der Waals surface area contributed by atoms with Crippen LogP contribution in [0.2, 0.25) is 0 Å². The molecule has 0 aliphatic rings. The summed E-state index contributed by atoms with van der Waals surface area (Å²) in [6, 6.07) is 10.3. The number of hydrogen-bond acceptors (Lipinski definition) is 2. The van der Waals surface area contributed by atoms with E-state index in [9.17, 15) is 18.0 Å². The first-order chi connectivity index (χ1) is 9.86. The van der Waals surface area contributed by atoms with Crippen molar-refractivity contribution in [2.75, 3.05) is 0 Å². The maximum absolute atomic E-state index is 13.4. The fraction of sp³-hybridized carbons (Fsp3) is 0.133. The largest absolute Gasteiger partial charge is 0.417 e. The van der Waals surface area contributed by atoms with E-state index in [0.717, 1.165) is 0 Å². The highest BCUT2D eigenvalue weighted by Gasteiger charge is 2.37. The molecule has 1 amide bonds. The average Bonchev–Trinajstić information content (AvgIpc) is 2.45. The van der Waals surface area contributed by atoms with Crippen molar-refractivity contribution in [3.8, 4) is 11.1 Å². The molecule has 0 heterocycles. The minimum absolute atomic E-state index is 0.0775. The van der Waals surface area contributed by atoms with Crippen LogP contribution in [-0.4, -0.2) is 5.91 Å². The zero-order valence-electron chi connectivity index (χ0n) is 10.9. The van der Waals surface area contributed by atoms with Crippen molar-refractivity contribution < 1.29 is 18.0 Å². The van der Waals surface area contributed by atoms with Crippen molar-refractivity contribution in [3.63, 3.8) is 0 Å². The molecular formula is C15H13F3N2O. The quantitative estimate of drug-likeness (QED) is 0.913. The predicted molar refractivity (Wildman–Crippen MR) is 73.3 cm³/mol. The lowest BCUT2D eigenvalue weighted by atomic mass is 9.90. The predicted octanol–water partition coefficient (Wildman–Crippen LogP) is 2.93. The highest BCUT2D eigenvalue weighted by Crippen LogP contribution is 2.41. The maximum Gasteiger partial charge on any atom is 0.417 e. The Labute approximate surface area is 119 Å². The van der Waals surface area contributed by atoms with Gasteiger partial charge in [0.05, 0.1) is 5.56 Å². The summed E-state index contributed by atoms with van der Waals surface area (Å²) in [5, 5.41) is 0. The molecular weight excluding hydrogens is 281 g/mol. The van der Waals surface area contributed by atoms with Crippen LogP contribution >= 0.6 is 0 Å². The van der Waals surface area contributed by atoms with Gasteiger partial charge in [-0.15, -0.1) is 0 Å². The first-order valence-electron chi connectivity index (χ1n) is 6.14. The van der Waals surface area contributed by atoms with Gasteiger partial charge in [-0.25, -0.2) is 0 Å². The summed E-state index contributed by atoms with van der Waals surface area (Å²) >= 11 is 0. The number of rotatable bonds is 3. The van der Waals surface area contributed by atoms with Gasteiger partial charge in [0.2, 0.25) is 5.91 Å². The Bertz CT molecular complexity index is 667. The SMILES string of the molecule is NCc1ccc(C(N)=O)c(-c2ccccc2)c1C(F)(F)F. The number of nitrogens with two attached hydrogens (primary N) is 2. The lowest BCUT2D eigenvalue weighted by Gasteiger charge is -2.19. The highest BCUT2D eigenvalue weighted by molar-refractivity contribution is 6.01. The Morgan fingerprint density at radius 1 is 1.05 bits per heavy atom. The Morgan fingerprint density at radius 2 is 1.67 bits per heavy atom. The molecule has 3 nitrogen and oxygen atoms in total. The van der Waals surface area contributed by atoms with E-state index >= 15 is 0 Å². The highest BCUT2D eigenvalue weighted by atomic mass is 19.4. The van der Waals surface area contributed by atoms with E-state index < -0.39 is 17.6 Å². The van der Waals surface area contributed by atoms with Gasteiger partial charge in [-0.3, -0.25) is 4.79 Å². The van der Waals surface area contributed by atoms with Gasteiger partial charge < -0.3 is 11.5 Å². The van der Waals surface area contributed by atoms with Gasteiger partial charge in [0.25, 0.3) is 0 Å². The summed E-state index contributed by atoms with van der Waals surface area (Å²) in [6.07, 6.45) is -4.63. The number of primary amides is 1. The number of alkyl halides is 3. The van der Waals surface area contributed by atoms with Crippen LogP contribution in [0.5, 0.6) is 0 Å². The van der Waals surface area contributed by atoms with E-state index in [0.29, 0.717) is 0 Å². The molecule has 6 heteroatoms. The Morgan fingerprint density at radius 3 is 2.14 bits per heavy atom. The Balaban J connectivity index is 2.89. The van der Waals surface area contributed by atoms with Crippen LogP contribution in [-0.2, 0) is 12.7 Å². The van der Waals surface area contributed by atoms with Crippen molar-refractivity contribution >= 4 is 5.91 Å². The van der Waals surface area contributed by atoms with Gasteiger partial charge in [-0.1, -0.05) is 36.4 Å². The molecule has 0 radical (unpaired) electrons. The molecule has 2 aromatic carbocycles. The molecule has 21 heavy (non-hydrogen) atoms. The molecule has 0 aliphatic heterocycles. The molecule has 0 unspecified atom stereocenters. The molecule has 0 saturated carbocycles. The van der Waals surface area contributed by atoms with Gasteiger partial charge in [-0.05, 0) is 17.2 Å². The van der Waals surface area contributed by atoms with Crippen LogP contribution in [0.1, 0.15) is 21.5 Å². The number of carbonyl (C=O) groups is 1. The molecule has 0 fully saturated rings. The summed E-state index contributed by atoms with van der Waals surface area (Å²) in [7, 11) is 0. The Hall–Kier alpha value is -2.34. The van der Waals surface area contributed by atoms with Gasteiger partial charge in [0.15, 0.2) is 0 Å². The summed E-state index contributed by atoms with van der Waals surface area (Å²) < 4.78 is 40.3. The molecule has 0 saturated heterocycles. The van der Waals surface area contributed by atoms with Gasteiger partial charge in [0, 0.05) is 17.7 Å². The monoisotopic (exact) mass is 294 g/mol. The fourth-order valence-corrected chi connectivity index (χ4v) is 2.25. The second-order valence-corrected chi connectivity index (χ2v) is 4.45. The summed E-state index contributed by atoms with van der Waals surface area (Å²) in [5.74, 6) is -0.914. The first-order valence-corrected chi connectivity index (χ1v) is 6.14. The van der Waals surface area contributed by atoms with Gasteiger partial charge in [0.1, 0.15) is 0 Å². The number of hydrogen-bond donors (Lipinski definition) is 2. The third kappa shape index (κ3) is 2.90. The molecule has 2 rings (SSSR count).